The Hall–Kier alpha value is -0.460. The van der Waals surface area contributed by atoms with Crippen LogP contribution in [-0.4, -0.2) is 43.1 Å². The number of rotatable bonds is 4. The van der Waals surface area contributed by atoms with E-state index in [1.165, 1.54) is 0 Å². The minimum absolute atomic E-state index is 0. The zero-order chi connectivity index (χ0) is 9.68. The lowest BCUT2D eigenvalue weighted by Crippen LogP contribution is -2.44. The molecule has 0 unspecified atom stereocenters. The smallest absolute Gasteiger partial charge is 0.279 e. The molecular weight excluding hydrogens is 226 g/mol. The summed E-state index contributed by atoms with van der Waals surface area (Å²) in [6.07, 6.45) is 0. The number of amides is 2. The Balaban J connectivity index is 0.00000169. The highest BCUT2D eigenvalue weighted by Gasteiger charge is 2.27. The average Bonchev–Trinajstić information content (AvgIpc) is 2.52. The molecule has 14 heavy (non-hydrogen) atoms. The van der Waals surface area contributed by atoms with Gasteiger partial charge in [0.1, 0.15) is 6.04 Å². The van der Waals surface area contributed by atoms with Gasteiger partial charge >= 0.3 is 0 Å². The van der Waals surface area contributed by atoms with E-state index in [2.05, 4.69) is 16.0 Å². The Morgan fingerprint density at radius 3 is 2.86 bits per heavy atom. The first-order valence-corrected chi connectivity index (χ1v) is 5.08. The van der Waals surface area contributed by atoms with Crippen LogP contribution in [0.5, 0.6) is 0 Å². The van der Waals surface area contributed by atoms with Gasteiger partial charge in [-0.05, 0) is 7.05 Å². The lowest BCUT2D eigenvalue weighted by atomic mass is 10.3. The van der Waals surface area contributed by atoms with E-state index in [9.17, 15) is 9.59 Å². The number of carbonyl (C=O) groups excluding carboxylic acids is 2. The van der Waals surface area contributed by atoms with E-state index in [4.69, 9.17) is 0 Å². The van der Waals surface area contributed by atoms with E-state index in [0.717, 1.165) is 18.3 Å². The summed E-state index contributed by atoms with van der Waals surface area (Å²) in [6, 6.07) is -0.352. The molecule has 0 aromatic rings. The molecule has 3 N–H and O–H groups in total. The normalized spacial score (nSPS) is 19.8. The van der Waals surface area contributed by atoms with Crippen LogP contribution in [0.3, 0.4) is 0 Å². The van der Waals surface area contributed by atoms with Gasteiger partial charge in [0, 0.05) is 18.8 Å². The van der Waals surface area contributed by atoms with E-state index in [1.54, 1.807) is 0 Å². The van der Waals surface area contributed by atoms with Gasteiger partial charge in [0.25, 0.3) is 5.24 Å². The fourth-order valence-corrected chi connectivity index (χ4v) is 1.74. The monoisotopic (exact) mass is 239 g/mol. The summed E-state index contributed by atoms with van der Waals surface area (Å²) < 4.78 is 0. The van der Waals surface area contributed by atoms with E-state index in [1.807, 2.05) is 7.05 Å². The quantitative estimate of drug-likeness (QED) is 0.583. The van der Waals surface area contributed by atoms with Crippen LogP contribution < -0.4 is 16.0 Å². The fourth-order valence-electron chi connectivity index (χ4n) is 0.960. The van der Waals surface area contributed by atoms with Crippen LogP contribution in [0.15, 0.2) is 0 Å². The van der Waals surface area contributed by atoms with Crippen LogP contribution in [-0.2, 0) is 4.79 Å². The second-order valence-corrected chi connectivity index (χ2v) is 3.68. The Bertz CT molecular complexity index is 215. The third kappa shape index (κ3) is 4.17. The lowest BCUT2D eigenvalue weighted by Gasteiger charge is -2.09. The molecule has 0 spiro atoms. The van der Waals surface area contributed by atoms with Crippen molar-refractivity contribution in [3.63, 3.8) is 0 Å². The molecule has 1 aliphatic rings. The van der Waals surface area contributed by atoms with Gasteiger partial charge < -0.3 is 16.0 Å². The van der Waals surface area contributed by atoms with Gasteiger partial charge in [-0.3, -0.25) is 9.59 Å². The number of hydrogen-bond donors (Lipinski definition) is 3. The standard InChI is InChI=1S/C7H13N3O2S.ClH/c1-8-2-3-9-6(11)5-4-13-7(12)10-5;/h5,8H,2-4H2,1H3,(H,9,11)(H,10,12);1H/t5-;/m0./s1. The lowest BCUT2D eigenvalue weighted by molar-refractivity contribution is -0.122. The van der Waals surface area contributed by atoms with Gasteiger partial charge in [-0.15, -0.1) is 12.4 Å². The Morgan fingerprint density at radius 2 is 2.36 bits per heavy atom. The molecule has 0 saturated carbocycles. The molecule has 1 aliphatic heterocycles. The molecule has 0 aliphatic carbocycles. The number of likely N-dealkylation sites (N-methyl/N-ethyl adjacent to an activating group) is 1. The molecule has 1 atom stereocenters. The highest BCUT2D eigenvalue weighted by atomic mass is 35.5. The molecule has 1 rings (SSSR count). The predicted octanol–water partition coefficient (Wildman–Crippen LogP) is -0.431. The Kier molecular flexibility index (Phi) is 6.69. The van der Waals surface area contributed by atoms with Crippen molar-refractivity contribution in [2.24, 2.45) is 0 Å². The molecule has 1 saturated heterocycles. The van der Waals surface area contributed by atoms with Crippen LogP contribution in [0.4, 0.5) is 4.79 Å². The van der Waals surface area contributed by atoms with Gasteiger partial charge in [0.15, 0.2) is 0 Å². The van der Waals surface area contributed by atoms with Gasteiger partial charge in [-0.25, -0.2) is 0 Å². The van der Waals surface area contributed by atoms with Crippen LogP contribution in [0, 0.1) is 0 Å². The van der Waals surface area contributed by atoms with Gasteiger partial charge in [0.2, 0.25) is 5.91 Å². The summed E-state index contributed by atoms with van der Waals surface area (Å²) in [6.45, 7) is 1.33. The minimum atomic E-state index is -0.352. The number of nitrogens with one attached hydrogen (secondary N) is 3. The first kappa shape index (κ1) is 13.5. The van der Waals surface area contributed by atoms with Crippen LogP contribution in [0.25, 0.3) is 0 Å². The maximum absolute atomic E-state index is 11.3. The molecule has 0 aromatic carbocycles. The number of carbonyl (C=O) groups is 2. The van der Waals surface area contributed by atoms with Crippen molar-refractivity contribution in [2.45, 2.75) is 6.04 Å². The van der Waals surface area contributed by atoms with Gasteiger partial charge in [-0.1, -0.05) is 11.8 Å². The van der Waals surface area contributed by atoms with Crippen molar-refractivity contribution in [3.05, 3.63) is 0 Å². The van der Waals surface area contributed by atoms with E-state index in [0.29, 0.717) is 12.3 Å². The first-order chi connectivity index (χ1) is 6.24. The number of hydrogen-bond acceptors (Lipinski definition) is 4. The van der Waals surface area contributed by atoms with Crippen LogP contribution >= 0.6 is 24.2 Å². The second kappa shape index (κ2) is 6.92. The van der Waals surface area contributed by atoms with E-state index >= 15 is 0 Å². The summed E-state index contributed by atoms with van der Waals surface area (Å²) in [5.41, 5.74) is 0. The topological polar surface area (TPSA) is 70.2 Å². The van der Waals surface area contributed by atoms with E-state index in [-0.39, 0.29) is 29.6 Å². The summed E-state index contributed by atoms with van der Waals surface area (Å²) in [5.74, 6) is 0.429. The summed E-state index contributed by atoms with van der Waals surface area (Å²) in [7, 11) is 1.82. The maximum Gasteiger partial charge on any atom is 0.279 e. The molecule has 2 amide bonds. The second-order valence-electron chi connectivity index (χ2n) is 2.69. The first-order valence-electron chi connectivity index (χ1n) is 4.09. The molecule has 1 heterocycles. The third-order valence-corrected chi connectivity index (χ3v) is 2.54. The highest BCUT2D eigenvalue weighted by Crippen LogP contribution is 2.12. The van der Waals surface area contributed by atoms with Gasteiger partial charge in [-0.2, -0.15) is 0 Å². The molecule has 5 nitrogen and oxygen atoms in total. The minimum Gasteiger partial charge on any atom is -0.353 e. The van der Waals surface area contributed by atoms with E-state index < -0.39 is 0 Å². The highest BCUT2D eigenvalue weighted by molar-refractivity contribution is 8.14. The van der Waals surface area contributed by atoms with Gasteiger partial charge in [0.05, 0.1) is 0 Å². The fraction of sp³-hybridized carbons (Fsp3) is 0.714. The van der Waals surface area contributed by atoms with Crippen LogP contribution in [0.1, 0.15) is 0 Å². The summed E-state index contributed by atoms with van der Waals surface area (Å²) in [5, 5.41) is 8.09. The predicted molar refractivity (Wildman–Crippen MR) is 59.0 cm³/mol. The maximum atomic E-state index is 11.3. The summed E-state index contributed by atoms with van der Waals surface area (Å²) >= 11 is 1.15. The van der Waals surface area contributed by atoms with Crippen molar-refractivity contribution < 1.29 is 9.59 Å². The third-order valence-electron chi connectivity index (χ3n) is 1.66. The summed E-state index contributed by atoms with van der Waals surface area (Å²) in [4.78, 5) is 22.0. The van der Waals surface area contributed by atoms with Crippen molar-refractivity contribution in [1.82, 2.24) is 16.0 Å². The Labute approximate surface area is 93.2 Å². The zero-order valence-corrected chi connectivity index (χ0v) is 9.46. The molecular formula is C7H14ClN3O2S. The van der Waals surface area contributed by atoms with Crippen molar-refractivity contribution >= 4 is 35.3 Å². The average molecular weight is 240 g/mol. The molecule has 1 fully saturated rings. The Morgan fingerprint density at radius 1 is 1.64 bits per heavy atom. The number of thioether (sulfide) groups is 1. The zero-order valence-electron chi connectivity index (χ0n) is 7.83. The molecule has 0 aromatic heterocycles. The van der Waals surface area contributed by atoms with Crippen molar-refractivity contribution in [1.29, 1.82) is 0 Å². The van der Waals surface area contributed by atoms with Crippen molar-refractivity contribution in [2.75, 3.05) is 25.9 Å². The SMILES string of the molecule is CNCCNC(=O)[C@@H]1CSC(=O)N1.Cl. The largest absolute Gasteiger partial charge is 0.353 e. The van der Waals surface area contributed by atoms with Crippen LogP contribution in [0.2, 0.25) is 0 Å². The van der Waals surface area contributed by atoms with Crippen molar-refractivity contribution in [3.8, 4) is 0 Å². The molecule has 0 bridgehead atoms. The molecule has 82 valence electrons. The molecule has 0 radical (unpaired) electrons. The molecule has 7 heteroatoms. The number of halogens is 1.